The molecule has 0 unspecified atom stereocenters. The fraction of sp³-hybridized carbons (Fsp3) is 0.0606. The van der Waals surface area contributed by atoms with Crippen molar-refractivity contribution < 1.29 is 0 Å². The van der Waals surface area contributed by atoms with Crippen molar-refractivity contribution in [3.8, 4) is 33.6 Å². The van der Waals surface area contributed by atoms with E-state index in [0.29, 0.717) is 0 Å². The summed E-state index contributed by atoms with van der Waals surface area (Å²) >= 11 is 0. The predicted octanol–water partition coefficient (Wildman–Crippen LogP) is 7.87. The SMILES string of the molecule is c1ccc(-c2nc3cc4c(c5c3n2Cc2ccccc2-5)c2cccc3c2n4Cc2ccccc2-3)cc1. The van der Waals surface area contributed by atoms with Crippen LogP contribution in [0.2, 0.25) is 0 Å². The molecule has 2 aliphatic rings. The first kappa shape index (κ1) is 18.7. The van der Waals surface area contributed by atoms with Crippen molar-refractivity contribution in [2.75, 3.05) is 0 Å². The summed E-state index contributed by atoms with van der Waals surface area (Å²) in [6, 6.07) is 37.5. The quantitative estimate of drug-likeness (QED) is 0.245. The van der Waals surface area contributed by atoms with Gasteiger partial charge in [-0.3, -0.25) is 0 Å². The zero-order valence-corrected chi connectivity index (χ0v) is 19.6. The zero-order chi connectivity index (χ0) is 23.4. The van der Waals surface area contributed by atoms with Crippen LogP contribution in [0.5, 0.6) is 0 Å². The van der Waals surface area contributed by atoms with Crippen molar-refractivity contribution in [1.29, 1.82) is 0 Å². The van der Waals surface area contributed by atoms with Crippen LogP contribution in [0.1, 0.15) is 11.1 Å². The van der Waals surface area contributed by atoms with E-state index in [1.54, 1.807) is 0 Å². The summed E-state index contributed by atoms with van der Waals surface area (Å²) < 4.78 is 4.96. The van der Waals surface area contributed by atoms with Crippen LogP contribution in [-0.4, -0.2) is 14.1 Å². The molecule has 0 spiro atoms. The van der Waals surface area contributed by atoms with Crippen LogP contribution in [-0.2, 0) is 13.1 Å². The average Bonchev–Trinajstić information content (AvgIpc) is 3.46. The van der Waals surface area contributed by atoms with E-state index < -0.39 is 0 Å². The van der Waals surface area contributed by atoms with Crippen molar-refractivity contribution in [3.63, 3.8) is 0 Å². The maximum Gasteiger partial charge on any atom is 0.141 e. The van der Waals surface area contributed by atoms with Gasteiger partial charge in [0.05, 0.1) is 28.6 Å². The largest absolute Gasteiger partial charge is 0.335 e. The van der Waals surface area contributed by atoms with Gasteiger partial charge in [0, 0.05) is 34.0 Å². The van der Waals surface area contributed by atoms with Crippen LogP contribution in [0.25, 0.3) is 66.5 Å². The van der Waals surface area contributed by atoms with Gasteiger partial charge in [0.1, 0.15) is 5.82 Å². The van der Waals surface area contributed by atoms with Crippen molar-refractivity contribution in [1.82, 2.24) is 14.1 Å². The van der Waals surface area contributed by atoms with Gasteiger partial charge in [0.25, 0.3) is 0 Å². The first-order chi connectivity index (χ1) is 17.9. The van der Waals surface area contributed by atoms with Crippen molar-refractivity contribution in [2.45, 2.75) is 13.1 Å². The highest BCUT2D eigenvalue weighted by atomic mass is 15.1. The third kappa shape index (κ3) is 2.21. The Kier molecular flexibility index (Phi) is 3.38. The summed E-state index contributed by atoms with van der Waals surface area (Å²) in [5.74, 6) is 1.04. The van der Waals surface area contributed by atoms with Gasteiger partial charge in [0.2, 0.25) is 0 Å². The molecule has 36 heavy (non-hydrogen) atoms. The van der Waals surface area contributed by atoms with Gasteiger partial charge in [-0.15, -0.1) is 0 Å². The second-order valence-corrected chi connectivity index (χ2v) is 10.0. The third-order valence-corrected chi connectivity index (χ3v) is 8.16. The fourth-order valence-electron chi connectivity index (χ4n) is 6.69. The zero-order valence-electron chi connectivity index (χ0n) is 19.6. The molecule has 5 aromatic carbocycles. The summed E-state index contributed by atoms with van der Waals surface area (Å²) in [4.78, 5) is 5.27. The number of nitrogens with zero attached hydrogens (tertiary/aromatic N) is 3. The Hall–Kier alpha value is -4.63. The summed E-state index contributed by atoms with van der Waals surface area (Å²) in [5.41, 5.74) is 14.2. The molecule has 0 amide bonds. The minimum absolute atomic E-state index is 0.838. The smallest absolute Gasteiger partial charge is 0.141 e. The number of hydrogen-bond donors (Lipinski definition) is 0. The Balaban J connectivity index is 1.51. The normalized spacial score (nSPS) is 13.3. The Morgan fingerprint density at radius 1 is 0.583 bits per heavy atom. The number of para-hydroxylation sites is 1. The molecule has 9 rings (SSSR count). The van der Waals surface area contributed by atoms with E-state index in [1.165, 1.54) is 60.7 Å². The average molecular weight is 460 g/mol. The number of hydrogen-bond acceptors (Lipinski definition) is 1. The maximum absolute atomic E-state index is 5.27. The van der Waals surface area contributed by atoms with Gasteiger partial charge in [-0.1, -0.05) is 97.1 Å². The molecule has 168 valence electrons. The summed E-state index contributed by atoms with van der Waals surface area (Å²) in [6.07, 6.45) is 0. The third-order valence-electron chi connectivity index (χ3n) is 8.16. The van der Waals surface area contributed by atoms with Crippen LogP contribution < -0.4 is 0 Å². The van der Waals surface area contributed by atoms with Crippen molar-refractivity contribution in [2.24, 2.45) is 0 Å². The number of rotatable bonds is 1. The topological polar surface area (TPSA) is 22.8 Å². The molecule has 3 nitrogen and oxygen atoms in total. The van der Waals surface area contributed by atoms with E-state index in [4.69, 9.17) is 4.98 Å². The molecule has 0 atom stereocenters. The standard InChI is InChI=1S/C33H21N3/c1-2-9-20(10-3-1)33-34-27-17-28-29(30-24-14-7-5-12-22(24)19-36(33)32(27)30)26-16-8-15-25-23-13-6-4-11-21(23)18-35(28)31(25)26/h1-17H,18-19H2. The lowest BCUT2D eigenvalue weighted by Crippen LogP contribution is -2.09. The molecule has 2 aromatic heterocycles. The first-order valence-electron chi connectivity index (χ1n) is 12.6. The monoisotopic (exact) mass is 459 g/mol. The molecule has 0 N–H and O–H groups in total. The van der Waals surface area contributed by atoms with E-state index in [-0.39, 0.29) is 0 Å². The highest BCUT2D eigenvalue weighted by molar-refractivity contribution is 6.24. The lowest BCUT2D eigenvalue weighted by atomic mass is 9.91. The maximum atomic E-state index is 5.27. The summed E-state index contributed by atoms with van der Waals surface area (Å²) in [7, 11) is 0. The molecular formula is C33H21N3. The highest BCUT2D eigenvalue weighted by Gasteiger charge is 2.29. The van der Waals surface area contributed by atoms with Crippen molar-refractivity contribution >= 4 is 32.8 Å². The van der Waals surface area contributed by atoms with Crippen LogP contribution in [0.4, 0.5) is 0 Å². The first-order valence-corrected chi connectivity index (χ1v) is 12.6. The molecule has 0 bridgehead atoms. The molecule has 2 aliphatic heterocycles. The van der Waals surface area contributed by atoms with Gasteiger partial charge in [0.15, 0.2) is 0 Å². The van der Waals surface area contributed by atoms with E-state index in [9.17, 15) is 0 Å². The van der Waals surface area contributed by atoms with Crippen LogP contribution in [0.3, 0.4) is 0 Å². The molecule has 3 heteroatoms. The molecule has 0 fully saturated rings. The summed E-state index contributed by atoms with van der Waals surface area (Å²) in [5, 5.41) is 2.68. The fourth-order valence-corrected chi connectivity index (χ4v) is 6.69. The Labute approximate surface area is 207 Å². The highest BCUT2D eigenvalue weighted by Crippen LogP contribution is 2.49. The Morgan fingerprint density at radius 2 is 1.28 bits per heavy atom. The van der Waals surface area contributed by atoms with Crippen LogP contribution in [0, 0.1) is 0 Å². The molecule has 0 aliphatic carbocycles. The van der Waals surface area contributed by atoms with Crippen LogP contribution in [0.15, 0.2) is 103 Å². The van der Waals surface area contributed by atoms with Crippen LogP contribution >= 0.6 is 0 Å². The molecule has 4 heterocycles. The second-order valence-electron chi connectivity index (χ2n) is 10.0. The predicted molar refractivity (Wildman–Crippen MR) is 147 cm³/mol. The van der Waals surface area contributed by atoms with Gasteiger partial charge >= 0.3 is 0 Å². The lowest BCUT2D eigenvalue weighted by Gasteiger charge is -2.22. The van der Waals surface area contributed by atoms with Gasteiger partial charge in [-0.2, -0.15) is 0 Å². The molecule has 0 saturated heterocycles. The molecule has 7 aromatic rings. The number of imidazole rings is 1. The number of aromatic nitrogens is 3. The number of fused-ring (bicyclic) bond motifs is 8. The molecular weight excluding hydrogens is 438 g/mol. The van der Waals surface area contributed by atoms with Crippen molar-refractivity contribution in [3.05, 3.63) is 114 Å². The molecule has 0 saturated carbocycles. The number of benzene rings is 5. The van der Waals surface area contributed by atoms with E-state index in [0.717, 1.165) is 30.0 Å². The van der Waals surface area contributed by atoms with Gasteiger partial charge in [-0.05, 0) is 28.3 Å². The minimum atomic E-state index is 0.838. The summed E-state index contributed by atoms with van der Waals surface area (Å²) in [6.45, 7) is 1.72. The minimum Gasteiger partial charge on any atom is -0.335 e. The van der Waals surface area contributed by atoms with E-state index in [1.807, 2.05) is 0 Å². The van der Waals surface area contributed by atoms with E-state index >= 15 is 0 Å². The van der Waals surface area contributed by atoms with E-state index in [2.05, 4.69) is 112 Å². The van der Waals surface area contributed by atoms with Gasteiger partial charge in [-0.25, -0.2) is 4.98 Å². The molecule has 0 radical (unpaired) electrons. The van der Waals surface area contributed by atoms with Gasteiger partial charge < -0.3 is 9.13 Å². The second kappa shape index (κ2) is 6.52. The lowest BCUT2D eigenvalue weighted by molar-refractivity contribution is 0.828. The Morgan fingerprint density at radius 3 is 2.14 bits per heavy atom. The Bertz CT molecular complexity index is 2040.